The van der Waals surface area contributed by atoms with Gasteiger partial charge in [-0.25, -0.2) is 4.79 Å². The van der Waals surface area contributed by atoms with E-state index in [1.807, 2.05) is 43.2 Å². The van der Waals surface area contributed by atoms with Crippen LogP contribution in [0.2, 0.25) is 0 Å². The topological polar surface area (TPSA) is 70.2 Å². The summed E-state index contributed by atoms with van der Waals surface area (Å²) in [6.45, 7) is 7.59. The van der Waals surface area contributed by atoms with E-state index in [1.165, 1.54) is 0 Å². The van der Waals surface area contributed by atoms with Crippen molar-refractivity contribution in [2.45, 2.75) is 45.3 Å². The summed E-state index contributed by atoms with van der Waals surface area (Å²) >= 11 is 1.57. The Kier molecular flexibility index (Phi) is 5.98. The van der Waals surface area contributed by atoms with Gasteiger partial charge in [-0.3, -0.25) is 9.59 Å². The summed E-state index contributed by atoms with van der Waals surface area (Å²) in [7, 11) is 1.77. The third-order valence-electron chi connectivity index (χ3n) is 5.20. The van der Waals surface area contributed by atoms with Gasteiger partial charge in [0.15, 0.2) is 0 Å². The number of rotatable bonds is 2. The highest BCUT2D eigenvalue weighted by atomic mass is 32.1. The molecule has 0 bridgehead atoms. The lowest BCUT2D eigenvalue weighted by molar-refractivity contribution is -0.136. The van der Waals surface area contributed by atoms with Crippen LogP contribution < -0.4 is 0 Å². The fraction of sp³-hybridized carbons (Fsp3) is 0.650. The molecule has 2 atom stereocenters. The number of likely N-dealkylation sites (tertiary alicyclic amines) is 1. The predicted octanol–water partition coefficient (Wildman–Crippen LogP) is 2.74. The summed E-state index contributed by atoms with van der Waals surface area (Å²) in [5.41, 5.74) is -0.540. The van der Waals surface area contributed by atoms with Crippen molar-refractivity contribution in [2.75, 3.05) is 33.2 Å². The molecule has 28 heavy (non-hydrogen) atoms. The maximum Gasteiger partial charge on any atom is 0.410 e. The summed E-state index contributed by atoms with van der Waals surface area (Å²) in [4.78, 5) is 44.1. The smallest absolute Gasteiger partial charge is 0.410 e. The van der Waals surface area contributed by atoms with E-state index in [9.17, 15) is 14.4 Å². The molecule has 2 fully saturated rings. The molecule has 3 heterocycles. The maximum absolute atomic E-state index is 13.3. The minimum atomic E-state index is -0.540. The van der Waals surface area contributed by atoms with E-state index >= 15 is 0 Å². The molecule has 2 unspecified atom stereocenters. The second kappa shape index (κ2) is 8.11. The SMILES string of the molecule is CN1C(=O)CC(C(=O)N2CCCN(C(=O)OC(C)(C)C)CC2)C1c1cccs1. The van der Waals surface area contributed by atoms with Crippen LogP contribution in [0.25, 0.3) is 0 Å². The van der Waals surface area contributed by atoms with E-state index in [-0.39, 0.29) is 36.3 Å². The lowest BCUT2D eigenvalue weighted by atomic mass is 9.97. The molecular formula is C20H29N3O4S. The molecule has 3 rings (SSSR count). The zero-order valence-electron chi connectivity index (χ0n) is 17.0. The summed E-state index contributed by atoms with van der Waals surface area (Å²) in [6.07, 6.45) is 0.601. The highest BCUT2D eigenvalue weighted by Gasteiger charge is 2.44. The number of carbonyl (C=O) groups excluding carboxylic acids is 3. The summed E-state index contributed by atoms with van der Waals surface area (Å²) in [5, 5.41) is 1.97. The van der Waals surface area contributed by atoms with Crippen LogP contribution in [0.4, 0.5) is 4.79 Å². The van der Waals surface area contributed by atoms with Gasteiger partial charge in [-0.1, -0.05) is 6.07 Å². The van der Waals surface area contributed by atoms with Crippen LogP contribution in [0.15, 0.2) is 17.5 Å². The van der Waals surface area contributed by atoms with Gasteiger partial charge in [0.2, 0.25) is 11.8 Å². The number of carbonyl (C=O) groups is 3. The molecule has 0 radical (unpaired) electrons. The summed E-state index contributed by atoms with van der Waals surface area (Å²) in [5.74, 6) is -0.367. The highest BCUT2D eigenvalue weighted by Crippen LogP contribution is 2.40. The zero-order chi connectivity index (χ0) is 20.5. The van der Waals surface area contributed by atoms with E-state index in [0.717, 1.165) is 4.88 Å². The molecule has 7 nitrogen and oxygen atoms in total. The van der Waals surface area contributed by atoms with Gasteiger partial charge >= 0.3 is 6.09 Å². The van der Waals surface area contributed by atoms with Crippen molar-refractivity contribution in [1.82, 2.24) is 14.7 Å². The third kappa shape index (κ3) is 4.48. The second-order valence-corrected chi connectivity index (χ2v) is 9.40. The summed E-state index contributed by atoms with van der Waals surface area (Å²) < 4.78 is 5.46. The van der Waals surface area contributed by atoms with E-state index in [4.69, 9.17) is 4.74 Å². The van der Waals surface area contributed by atoms with E-state index in [1.54, 1.807) is 28.2 Å². The molecule has 0 aliphatic carbocycles. The minimum Gasteiger partial charge on any atom is -0.444 e. The Morgan fingerprint density at radius 3 is 2.46 bits per heavy atom. The van der Waals surface area contributed by atoms with Gasteiger partial charge in [-0.15, -0.1) is 11.3 Å². The first-order valence-electron chi connectivity index (χ1n) is 9.73. The standard InChI is InChI=1S/C20H29N3O4S/c1-20(2,3)27-19(26)23-9-6-8-22(10-11-23)18(25)14-13-16(24)21(4)17(14)15-7-5-12-28-15/h5,7,12,14,17H,6,8-11,13H2,1-4H3. The zero-order valence-corrected chi connectivity index (χ0v) is 17.8. The molecule has 8 heteroatoms. The Morgan fingerprint density at radius 2 is 1.82 bits per heavy atom. The largest absolute Gasteiger partial charge is 0.444 e. The molecular weight excluding hydrogens is 378 g/mol. The number of nitrogens with zero attached hydrogens (tertiary/aromatic N) is 3. The molecule has 154 valence electrons. The molecule has 0 N–H and O–H groups in total. The van der Waals surface area contributed by atoms with Crippen molar-refractivity contribution in [3.05, 3.63) is 22.4 Å². The molecule has 1 aromatic heterocycles. The van der Waals surface area contributed by atoms with Crippen molar-refractivity contribution < 1.29 is 19.1 Å². The Labute approximate surface area is 170 Å². The van der Waals surface area contributed by atoms with Crippen molar-refractivity contribution in [1.29, 1.82) is 0 Å². The first-order chi connectivity index (χ1) is 13.2. The average molecular weight is 408 g/mol. The average Bonchev–Trinajstić information content (AvgIpc) is 3.13. The molecule has 3 amide bonds. The highest BCUT2D eigenvalue weighted by molar-refractivity contribution is 7.10. The van der Waals surface area contributed by atoms with Gasteiger partial charge in [0.25, 0.3) is 0 Å². The minimum absolute atomic E-state index is 0.00181. The first kappa shape index (κ1) is 20.6. The van der Waals surface area contributed by atoms with Crippen LogP contribution in [-0.4, -0.2) is 71.4 Å². The van der Waals surface area contributed by atoms with Gasteiger partial charge < -0.3 is 19.4 Å². The number of amides is 3. The van der Waals surface area contributed by atoms with Crippen molar-refractivity contribution >= 4 is 29.2 Å². The van der Waals surface area contributed by atoms with Crippen molar-refractivity contribution in [3.63, 3.8) is 0 Å². The molecule has 0 aromatic carbocycles. The monoisotopic (exact) mass is 407 g/mol. The lowest BCUT2D eigenvalue weighted by Gasteiger charge is -2.29. The Hall–Kier alpha value is -2.09. The fourth-order valence-electron chi connectivity index (χ4n) is 3.82. The van der Waals surface area contributed by atoms with Crippen LogP contribution in [0.1, 0.15) is 44.5 Å². The molecule has 2 aliphatic heterocycles. The molecule has 0 spiro atoms. The van der Waals surface area contributed by atoms with Gasteiger partial charge in [0.1, 0.15) is 5.60 Å². The number of thiophene rings is 1. The number of hydrogen-bond donors (Lipinski definition) is 0. The quantitative estimate of drug-likeness (QED) is 0.756. The first-order valence-corrected chi connectivity index (χ1v) is 10.6. The Balaban J connectivity index is 1.67. The Morgan fingerprint density at radius 1 is 1.14 bits per heavy atom. The van der Waals surface area contributed by atoms with Crippen LogP contribution in [0, 0.1) is 5.92 Å². The Bertz CT molecular complexity index is 728. The van der Waals surface area contributed by atoms with Crippen molar-refractivity contribution in [2.24, 2.45) is 5.92 Å². The predicted molar refractivity (Wildman–Crippen MR) is 107 cm³/mol. The van der Waals surface area contributed by atoms with E-state index < -0.39 is 5.60 Å². The van der Waals surface area contributed by atoms with Crippen LogP contribution in [0.5, 0.6) is 0 Å². The third-order valence-corrected chi connectivity index (χ3v) is 6.14. The molecule has 2 saturated heterocycles. The fourth-order valence-corrected chi connectivity index (χ4v) is 4.75. The van der Waals surface area contributed by atoms with Crippen LogP contribution in [0.3, 0.4) is 0 Å². The molecule has 0 saturated carbocycles. The van der Waals surface area contributed by atoms with Crippen LogP contribution in [-0.2, 0) is 14.3 Å². The second-order valence-electron chi connectivity index (χ2n) is 8.42. The number of ether oxygens (including phenoxy) is 1. The van der Waals surface area contributed by atoms with E-state index in [0.29, 0.717) is 32.6 Å². The molecule has 1 aromatic rings. The van der Waals surface area contributed by atoms with Crippen molar-refractivity contribution in [3.8, 4) is 0 Å². The van der Waals surface area contributed by atoms with Crippen LogP contribution >= 0.6 is 11.3 Å². The van der Waals surface area contributed by atoms with E-state index in [2.05, 4.69) is 0 Å². The molecule has 2 aliphatic rings. The number of hydrogen-bond acceptors (Lipinski definition) is 5. The van der Waals surface area contributed by atoms with Gasteiger partial charge in [0.05, 0.1) is 12.0 Å². The maximum atomic E-state index is 13.3. The van der Waals surface area contributed by atoms with Gasteiger partial charge in [-0.05, 0) is 38.6 Å². The van der Waals surface area contributed by atoms with Gasteiger partial charge in [-0.2, -0.15) is 0 Å². The normalized spacial score (nSPS) is 23.7. The van der Waals surface area contributed by atoms with Gasteiger partial charge in [0, 0.05) is 44.5 Å². The summed E-state index contributed by atoms with van der Waals surface area (Å²) in [6, 6.07) is 3.73. The lowest BCUT2D eigenvalue weighted by Crippen LogP contribution is -2.42.